The predicted molar refractivity (Wildman–Crippen MR) is 44.3 cm³/mol. The van der Waals surface area contributed by atoms with Crippen LogP contribution in [0.2, 0.25) is 0 Å². The van der Waals surface area contributed by atoms with E-state index in [1.807, 2.05) is 0 Å². The molecular formula is C8H6N2O2. The lowest BCUT2D eigenvalue weighted by Crippen LogP contribution is -2.00. The van der Waals surface area contributed by atoms with E-state index in [0.717, 1.165) is 5.52 Å². The van der Waals surface area contributed by atoms with Gasteiger partial charge in [0.15, 0.2) is 6.29 Å². The summed E-state index contributed by atoms with van der Waals surface area (Å²) in [5.41, 5.74) is 1.71. The third-order valence-electron chi connectivity index (χ3n) is 1.66. The zero-order valence-electron chi connectivity index (χ0n) is 6.13. The number of carbonyl (C=O) groups is 1. The third kappa shape index (κ3) is 0.934. The van der Waals surface area contributed by atoms with Gasteiger partial charge in [0.25, 0.3) is 0 Å². The zero-order chi connectivity index (χ0) is 8.55. The number of hydrogen-bond acceptors (Lipinski definition) is 2. The lowest BCUT2D eigenvalue weighted by molar-refractivity contribution is 0.112. The summed E-state index contributed by atoms with van der Waals surface area (Å²) >= 11 is 0. The van der Waals surface area contributed by atoms with Crippen LogP contribution in [0.5, 0.6) is 0 Å². The SMILES string of the molecule is O=Cc1cc2[nH]c(=O)ccc2[nH]1. The van der Waals surface area contributed by atoms with Gasteiger partial charge < -0.3 is 9.97 Å². The Morgan fingerprint density at radius 1 is 1.17 bits per heavy atom. The molecule has 0 saturated carbocycles. The second-order valence-corrected chi connectivity index (χ2v) is 2.49. The van der Waals surface area contributed by atoms with Crippen LogP contribution in [0, 0.1) is 0 Å². The van der Waals surface area contributed by atoms with Crippen LogP contribution in [0.3, 0.4) is 0 Å². The highest BCUT2D eigenvalue weighted by atomic mass is 16.1. The summed E-state index contributed by atoms with van der Waals surface area (Å²) in [6.07, 6.45) is 0.707. The van der Waals surface area contributed by atoms with E-state index in [4.69, 9.17) is 0 Å². The Labute approximate surface area is 67.2 Å². The van der Waals surface area contributed by atoms with Crippen molar-refractivity contribution in [2.24, 2.45) is 0 Å². The van der Waals surface area contributed by atoms with Gasteiger partial charge in [0, 0.05) is 6.07 Å². The molecule has 0 atom stereocenters. The van der Waals surface area contributed by atoms with Gasteiger partial charge in [-0.05, 0) is 12.1 Å². The number of hydrogen-bond donors (Lipinski definition) is 2. The van der Waals surface area contributed by atoms with Crippen molar-refractivity contribution in [1.82, 2.24) is 9.97 Å². The molecule has 4 heteroatoms. The molecule has 0 bridgehead atoms. The fourth-order valence-electron chi connectivity index (χ4n) is 1.12. The molecule has 0 saturated heterocycles. The number of nitrogens with one attached hydrogen (secondary N) is 2. The quantitative estimate of drug-likeness (QED) is 0.605. The first-order valence-electron chi connectivity index (χ1n) is 3.47. The van der Waals surface area contributed by atoms with Gasteiger partial charge in [-0.25, -0.2) is 0 Å². The zero-order valence-corrected chi connectivity index (χ0v) is 6.13. The Morgan fingerprint density at radius 3 is 2.75 bits per heavy atom. The van der Waals surface area contributed by atoms with Gasteiger partial charge >= 0.3 is 0 Å². The Balaban J connectivity index is 2.83. The Kier molecular flexibility index (Phi) is 1.33. The van der Waals surface area contributed by atoms with Gasteiger partial charge in [-0.3, -0.25) is 9.59 Å². The summed E-state index contributed by atoms with van der Waals surface area (Å²) in [7, 11) is 0. The molecule has 2 rings (SSSR count). The summed E-state index contributed by atoms with van der Waals surface area (Å²) in [5.74, 6) is 0. The molecular weight excluding hydrogens is 156 g/mol. The van der Waals surface area contributed by atoms with Gasteiger partial charge in [0.1, 0.15) is 0 Å². The maximum atomic E-state index is 10.8. The lowest BCUT2D eigenvalue weighted by Gasteiger charge is -1.84. The van der Waals surface area contributed by atoms with Crippen molar-refractivity contribution in [3.63, 3.8) is 0 Å². The minimum atomic E-state index is -0.168. The van der Waals surface area contributed by atoms with E-state index >= 15 is 0 Å². The number of aldehydes is 1. The molecule has 2 aromatic heterocycles. The van der Waals surface area contributed by atoms with Crippen molar-refractivity contribution < 1.29 is 4.79 Å². The van der Waals surface area contributed by atoms with Gasteiger partial charge in [-0.1, -0.05) is 0 Å². The number of rotatable bonds is 1. The molecule has 0 aromatic carbocycles. The molecule has 0 amide bonds. The van der Waals surface area contributed by atoms with Crippen molar-refractivity contribution >= 4 is 17.3 Å². The standard InChI is InChI=1S/C8H6N2O2/c11-4-5-3-7-6(9-5)1-2-8(12)10-7/h1-4,9H,(H,10,12). The largest absolute Gasteiger partial charge is 0.351 e. The number of aromatic amines is 2. The fraction of sp³-hybridized carbons (Fsp3) is 0. The van der Waals surface area contributed by atoms with E-state index in [9.17, 15) is 9.59 Å². The van der Waals surface area contributed by atoms with Crippen LogP contribution >= 0.6 is 0 Å². The molecule has 0 radical (unpaired) electrons. The monoisotopic (exact) mass is 162 g/mol. The number of fused-ring (bicyclic) bond motifs is 1. The molecule has 60 valence electrons. The Bertz CT molecular complexity index is 481. The van der Waals surface area contributed by atoms with Gasteiger partial charge in [0.2, 0.25) is 5.56 Å². The molecule has 4 nitrogen and oxygen atoms in total. The second kappa shape index (κ2) is 2.34. The minimum absolute atomic E-state index is 0.168. The number of carbonyl (C=O) groups excluding carboxylic acids is 1. The van der Waals surface area contributed by atoms with Crippen molar-refractivity contribution in [1.29, 1.82) is 0 Å². The molecule has 0 aliphatic carbocycles. The van der Waals surface area contributed by atoms with Gasteiger partial charge in [-0.2, -0.15) is 0 Å². The third-order valence-corrected chi connectivity index (χ3v) is 1.66. The predicted octanol–water partition coefficient (Wildman–Crippen LogP) is 0.669. The first-order valence-corrected chi connectivity index (χ1v) is 3.47. The molecule has 2 aromatic rings. The topological polar surface area (TPSA) is 65.7 Å². The van der Waals surface area contributed by atoms with Crippen molar-refractivity contribution in [3.05, 3.63) is 34.2 Å². The highest BCUT2D eigenvalue weighted by molar-refractivity contribution is 5.84. The van der Waals surface area contributed by atoms with Crippen LogP contribution in [-0.4, -0.2) is 16.3 Å². The van der Waals surface area contributed by atoms with Crippen LogP contribution in [-0.2, 0) is 0 Å². The Hall–Kier alpha value is -1.84. The Morgan fingerprint density at radius 2 is 2.00 bits per heavy atom. The average Bonchev–Trinajstić information content (AvgIpc) is 2.46. The number of aromatic nitrogens is 2. The second-order valence-electron chi connectivity index (χ2n) is 2.49. The number of H-pyrrole nitrogens is 2. The summed E-state index contributed by atoms with van der Waals surface area (Å²) < 4.78 is 0. The molecule has 0 unspecified atom stereocenters. The maximum Gasteiger partial charge on any atom is 0.248 e. The highest BCUT2D eigenvalue weighted by Gasteiger charge is 1.98. The molecule has 2 N–H and O–H groups in total. The van der Waals surface area contributed by atoms with E-state index < -0.39 is 0 Å². The number of pyridine rings is 1. The van der Waals surface area contributed by atoms with Crippen LogP contribution in [0.4, 0.5) is 0 Å². The highest BCUT2D eigenvalue weighted by Crippen LogP contribution is 2.08. The summed E-state index contributed by atoms with van der Waals surface area (Å²) in [4.78, 5) is 26.6. The van der Waals surface area contributed by atoms with Crippen molar-refractivity contribution in [2.75, 3.05) is 0 Å². The van der Waals surface area contributed by atoms with Crippen LogP contribution in [0.1, 0.15) is 10.5 Å². The van der Waals surface area contributed by atoms with Crippen molar-refractivity contribution in [3.8, 4) is 0 Å². The molecule has 12 heavy (non-hydrogen) atoms. The lowest BCUT2D eigenvalue weighted by atomic mass is 10.4. The van der Waals surface area contributed by atoms with Crippen LogP contribution in [0.25, 0.3) is 11.0 Å². The van der Waals surface area contributed by atoms with E-state index in [0.29, 0.717) is 17.5 Å². The van der Waals surface area contributed by atoms with Crippen molar-refractivity contribution in [2.45, 2.75) is 0 Å². The van der Waals surface area contributed by atoms with Gasteiger partial charge in [0.05, 0.1) is 16.7 Å². The molecule has 0 aliphatic heterocycles. The maximum absolute atomic E-state index is 10.8. The molecule has 2 heterocycles. The van der Waals surface area contributed by atoms with Crippen LogP contribution < -0.4 is 5.56 Å². The minimum Gasteiger partial charge on any atom is -0.351 e. The van der Waals surface area contributed by atoms with E-state index in [2.05, 4.69) is 9.97 Å². The van der Waals surface area contributed by atoms with Crippen LogP contribution in [0.15, 0.2) is 23.0 Å². The molecule has 0 spiro atoms. The average molecular weight is 162 g/mol. The normalized spacial score (nSPS) is 10.3. The summed E-state index contributed by atoms with van der Waals surface area (Å²) in [6.45, 7) is 0. The van der Waals surface area contributed by atoms with E-state index in [1.54, 1.807) is 12.1 Å². The van der Waals surface area contributed by atoms with Gasteiger partial charge in [-0.15, -0.1) is 0 Å². The molecule has 0 aliphatic rings. The van der Waals surface area contributed by atoms with E-state index in [1.165, 1.54) is 6.07 Å². The first kappa shape index (κ1) is 6.84. The smallest absolute Gasteiger partial charge is 0.248 e. The molecule has 0 fully saturated rings. The first-order chi connectivity index (χ1) is 5.79. The summed E-state index contributed by atoms with van der Waals surface area (Å²) in [6, 6.07) is 4.65. The fourth-order valence-corrected chi connectivity index (χ4v) is 1.12. The van der Waals surface area contributed by atoms with E-state index in [-0.39, 0.29) is 5.56 Å². The summed E-state index contributed by atoms with van der Waals surface area (Å²) in [5, 5.41) is 0.